The van der Waals surface area contributed by atoms with Gasteiger partial charge < -0.3 is 11.5 Å². The highest BCUT2D eigenvalue weighted by molar-refractivity contribution is 6.42. The zero-order valence-electron chi connectivity index (χ0n) is 8.52. The summed E-state index contributed by atoms with van der Waals surface area (Å²) in [5.41, 5.74) is 11.5. The van der Waals surface area contributed by atoms with Crippen molar-refractivity contribution in [1.29, 1.82) is 0 Å². The highest BCUT2D eigenvalue weighted by Crippen LogP contribution is 2.24. The molecule has 1 amide bonds. The van der Waals surface area contributed by atoms with Crippen molar-refractivity contribution in [3.05, 3.63) is 40.0 Å². The summed E-state index contributed by atoms with van der Waals surface area (Å²) in [6, 6.07) is 4.94. The lowest BCUT2D eigenvalue weighted by molar-refractivity contribution is 0.100. The van der Waals surface area contributed by atoms with Gasteiger partial charge in [-0.2, -0.15) is 0 Å². The Labute approximate surface area is 107 Å². The van der Waals surface area contributed by atoms with Crippen LogP contribution in [0.5, 0.6) is 0 Å². The third-order valence-corrected chi connectivity index (χ3v) is 2.92. The van der Waals surface area contributed by atoms with E-state index < -0.39 is 5.91 Å². The molecule has 0 radical (unpaired) electrons. The van der Waals surface area contributed by atoms with E-state index in [1.165, 1.54) is 10.9 Å². The van der Waals surface area contributed by atoms with Crippen molar-refractivity contribution in [1.82, 2.24) is 9.78 Å². The van der Waals surface area contributed by atoms with Gasteiger partial charge in [0, 0.05) is 6.20 Å². The summed E-state index contributed by atoms with van der Waals surface area (Å²) in [5, 5.41) is 4.79. The van der Waals surface area contributed by atoms with Crippen LogP contribution < -0.4 is 11.5 Å². The molecule has 0 saturated carbocycles. The van der Waals surface area contributed by atoms with Crippen LogP contribution >= 0.6 is 23.2 Å². The Morgan fingerprint density at radius 1 is 1.29 bits per heavy atom. The molecule has 0 fully saturated rings. The van der Waals surface area contributed by atoms with E-state index in [-0.39, 0.29) is 11.4 Å². The van der Waals surface area contributed by atoms with Crippen molar-refractivity contribution in [2.45, 2.75) is 0 Å². The summed E-state index contributed by atoms with van der Waals surface area (Å²) in [4.78, 5) is 11.0. The first kappa shape index (κ1) is 11.8. The topological polar surface area (TPSA) is 86.9 Å². The average molecular weight is 271 g/mol. The molecule has 2 aromatic rings. The molecule has 1 aromatic carbocycles. The standard InChI is InChI=1S/C10H8Cl2N4O/c11-7-2-1-5(3-8(7)12)16-4-6(10(14)17)9(13)15-16/h1-4H,(H2,13,15)(H2,14,17). The van der Waals surface area contributed by atoms with E-state index >= 15 is 0 Å². The Balaban J connectivity index is 2.50. The van der Waals surface area contributed by atoms with Crippen LogP contribution in [0.25, 0.3) is 5.69 Å². The smallest absolute Gasteiger partial charge is 0.254 e. The van der Waals surface area contributed by atoms with E-state index in [0.29, 0.717) is 15.7 Å². The van der Waals surface area contributed by atoms with Crippen LogP contribution in [0.3, 0.4) is 0 Å². The van der Waals surface area contributed by atoms with Crippen LogP contribution in [0.1, 0.15) is 10.4 Å². The van der Waals surface area contributed by atoms with Crippen LogP contribution in [0.15, 0.2) is 24.4 Å². The van der Waals surface area contributed by atoms with Crippen molar-refractivity contribution < 1.29 is 4.79 Å². The highest BCUT2D eigenvalue weighted by Gasteiger charge is 2.12. The molecule has 0 bridgehead atoms. The molecule has 0 spiro atoms. The van der Waals surface area contributed by atoms with Gasteiger partial charge in [-0.15, -0.1) is 5.10 Å². The molecule has 0 unspecified atom stereocenters. The number of nitrogen functional groups attached to an aromatic ring is 1. The Morgan fingerprint density at radius 3 is 2.53 bits per heavy atom. The van der Waals surface area contributed by atoms with Crippen LogP contribution in [0, 0.1) is 0 Å². The number of hydrogen-bond donors (Lipinski definition) is 2. The fraction of sp³-hybridized carbons (Fsp3) is 0. The molecule has 88 valence electrons. The van der Waals surface area contributed by atoms with Gasteiger partial charge in [0.2, 0.25) is 0 Å². The zero-order valence-corrected chi connectivity index (χ0v) is 10.0. The van der Waals surface area contributed by atoms with Gasteiger partial charge in [-0.25, -0.2) is 4.68 Å². The number of carbonyl (C=O) groups is 1. The maximum atomic E-state index is 11.0. The van der Waals surface area contributed by atoms with Gasteiger partial charge in [0.15, 0.2) is 5.82 Å². The van der Waals surface area contributed by atoms with E-state index in [1.54, 1.807) is 18.2 Å². The van der Waals surface area contributed by atoms with E-state index in [0.717, 1.165) is 0 Å². The molecule has 5 nitrogen and oxygen atoms in total. The van der Waals surface area contributed by atoms with Crippen molar-refractivity contribution >= 4 is 34.9 Å². The number of amides is 1. The number of benzene rings is 1. The zero-order chi connectivity index (χ0) is 12.6. The van der Waals surface area contributed by atoms with Crippen molar-refractivity contribution in [2.75, 3.05) is 5.73 Å². The van der Waals surface area contributed by atoms with Crippen molar-refractivity contribution in [3.8, 4) is 5.69 Å². The number of aromatic nitrogens is 2. The van der Waals surface area contributed by atoms with Gasteiger partial charge in [0.25, 0.3) is 5.91 Å². The number of nitrogens with zero attached hydrogens (tertiary/aromatic N) is 2. The first-order chi connectivity index (χ1) is 7.99. The fourth-order valence-corrected chi connectivity index (χ4v) is 1.63. The number of rotatable bonds is 2. The minimum Gasteiger partial charge on any atom is -0.382 e. The molecule has 0 aliphatic carbocycles. The third-order valence-electron chi connectivity index (χ3n) is 2.18. The third kappa shape index (κ3) is 2.20. The summed E-state index contributed by atoms with van der Waals surface area (Å²) in [5.74, 6) is -0.558. The number of carbonyl (C=O) groups excluding carboxylic acids is 1. The summed E-state index contributed by atoms with van der Waals surface area (Å²) >= 11 is 11.7. The Hall–Kier alpha value is -1.72. The molecular weight excluding hydrogens is 263 g/mol. The maximum Gasteiger partial charge on any atom is 0.254 e. The van der Waals surface area contributed by atoms with Crippen LogP contribution in [-0.2, 0) is 0 Å². The summed E-state index contributed by atoms with van der Waals surface area (Å²) in [6.45, 7) is 0. The molecule has 0 saturated heterocycles. The quantitative estimate of drug-likeness (QED) is 0.873. The predicted octanol–water partition coefficient (Wildman–Crippen LogP) is 1.86. The molecule has 0 aliphatic rings. The largest absolute Gasteiger partial charge is 0.382 e. The maximum absolute atomic E-state index is 11.0. The number of anilines is 1. The van der Waals surface area contributed by atoms with Gasteiger partial charge in [0.05, 0.1) is 15.7 Å². The molecule has 0 aliphatic heterocycles. The SMILES string of the molecule is NC(=O)c1cn(-c2ccc(Cl)c(Cl)c2)nc1N. The Bertz CT molecular complexity index is 594. The highest BCUT2D eigenvalue weighted by atomic mass is 35.5. The summed E-state index contributed by atoms with van der Waals surface area (Å²) < 4.78 is 1.41. The molecular formula is C10H8Cl2N4O. The van der Waals surface area contributed by atoms with E-state index in [4.69, 9.17) is 34.7 Å². The van der Waals surface area contributed by atoms with Crippen molar-refractivity contribution in [2.24, 2.45) is 5.73 Å². The van der Waals surface area contributed by atoms with E-state index in [1.807, 2.05) is 0 Å². The number of primary amides is 1. The minimum absolute atomic E-state index is 0.0728. The molecule has 1 heterocycles. The second-order valence-corrected chi connectivity index (χ2v) is 4.15. The molecule has 1 aromatic heterocycles. The van der Waals surface area contributed by atoms with Crippen LogP contribution in [0.4, 0.5) is 5.82 Å². The molecule has 0 atom stereocenters. The number of halogens is 2. The summed E-state index contributed by atoms with van der Waals surface area (Å²) in [7, 11) is 0. The lowest BCUT2D eigenvalue weighted by atomic mass is 10.3. The normalized spacial score (nSPS) is 10.5. The fourth-order valence-electron chi connectivity index (χ4n) is 1.34. The average Bonchev–Trinajstić information content (AvgIpc) is 2.64. The van der Waals surface area contributed by atoms with Crippen LogP contribution in [-0.4, -0.2) is 15.7 Å². The first-order valence-electron chi connectivity index (χ1n) is 4.59. The van der Waals surface area contributed by atoms with E-state index in [2.05, 4.69) is 5.10 Å². The lowest BCUT2D eigenvalue weighted by Crippen LogP contribution is -2.11. The number of hydrogen-bond acceptors (Lipinski definition) is 3. The van der Waals surface area contributed by atoms with Gasteiger partial charge in [-0.05, 0) is 18.2 Å². The van der Waals surface area contributed by atoms with Crippen molar-refractivity contribution in [3.63, 3.8) is 0 Å². The summed E-state index contributed by atoms with van der Waals surface area (Å²) in [6.07, 6.45) is 1.44. The lowest BCUT2D eigenvalue weighted by Gasteiger charge is -2.02. The molecule has 2 rings (SSSR count). The monoisotopic (exact) mass is 270 g/mol. The van der Waals surface area contributed by atoms with Gasteiger partial charge in [-0.3, -0.25) is 4.79 Å². The molecule has 4 N–H and O–H groups in total. The van der Waals surface area contributed by atoms with E-state index in [9.17, 15) is 4.79 Å². The number of nitrogens with two attached hydrogens (primary N) is 2. The van der Waals surface area contributed by atoms with Gasteiger partial charge in [0.1, 0.15) is 5.56 Å². The van der Waals surface area contributed by atoms with Crippen LogP contribution in [0.2, 0.25) is 10.0 Å². The second kappa shape index (κ2) is 4.27. The van der Waals surface area contributed by atoms with Gasteiger partial charge >= 0.3 is 0 Å². The predicted molar refractivity (Wildman–Crippen MR) is 66.5 cm³/mol. The Kier molecular flexibility index (Phi) is 2.95. The second-order valence-electron chi connectivity index (χ2n) is 3.34. The first-order valence-corrected chi connectivity index (χ1v) is 5.35. The van der Waals surface area contributed by atoms with Gasteiger partial charge in [-0.1, -0.05) is 23.2 Å². The molecule has 7 heteroatoms. The Morgan fingerprint density at radius 2 is 2.00 bits per heavy atom. The molecule has 17 heavy (non-hydrogen) atoms. The minimum atomic E-state index is -0.631.